The van der Waals surface area contributed by atoms with Crippen LogP contribution in [-0.2, 0) is 0 Å². The summed E-state index contributed by atoms with van der Waals surface area (Å²) in [5.41, 5.74) is 3.97. The molecule has 4 aromatic rings. The highest BCUT2D eigenvalue weighted by atomic mass is 32.1. The van der Waals surface area contributed by atoms with Crippen LogP contribution in [0.25, 0.3) is 15.9 Å². The summed E-state index contributed by atoms with van der Waals surface area (Å²) in [6, 6.07) is 9.70. The molecule has 4 aromatic heterocycles. The van der Waals surface area contributed by atoms with Crippen LogP contribution in [0.5, 0.6) is 0 Å². The molecule has 5 nitrogen and oxygen atoms in total. The van der Waals surface area contributed by atoms with Crippen molar-refractivity contribution in [1.82, 2.24) is 14.5 Å². The summed E-state index contributed by atoms with van der Waals surface area (Å²) in [5.74, 6) is 0.374. The van der Waals surface area contributed by atoms with E-state index in [9.17, 15) is 4.79 Å². The minimum atomic E-state index is -0.174. The summed E-state index contributed by atoms with van der Waals surface area (Å²) < 4.78 is 1.97. The molecule has 0 fully saturated rings. The lowest BCUT2D eigenvalue weighted by atomic mass is 10.1. The quantitative estimate of drug-likeness (QED) is 0.577. The van der Waals surface area contributed by atoms with E-state index in [1.54, 1.807) is 6.20 Å². The largest absolute Gasteiger partial charge is 0.322 e. The van der Waals surface area contributed by atoms with E-state index in [0.717, 1.165) is 32.7 Å². The highest BCUT2D eigenvalue weighted by molar-refractivity contribution is 7.21. The van der Waals surface area contributed by atoms with Crippen LogP contribution in [0.4, 0.5) is 5.82 Å². The maximum absolute atomic E-state index is 13.0. The number of aryl methyl sites for hydroxylation is 3. The predicted octanol–water partition coefficient (Wildman–Crippen LogP) is 4.66. The first-order valence-electron chi connectivity index (χ1n) is 8.31. The second kappa shape index (κ2) is 6.38. The van der Waals surface area contributed by atoms with E-state index >= 15 is 0 Å². The van der Waals surface area contributed by atoms with Crippen LogP contribution in [0.2, 0.25) is 0 Å². The van der Waals surface area contributed by atoms with Crippen molar-refractivity contribution >= 4 is 33.3 Å². The van der Waals surface area contributed by atoms with Crippen LogP contribution < -0.4 is 5.32 Å². The molecular weight excluding hydrogens is 344 g/mol. The molecule has 130 valence electrons. The van der Waals surface area contributed by atoms with Gasteiger partial charge in [-0.1, -0.05) is 0 Å². The number of rotatable bonds is 3. The molecule has 0 bridgehead atoms. The van der Waals surface area contributed by atoms with Gasteiger partial charge in [-0.2, -0.15) is 0 Å². The number of hydrogen-bond acceptors (Lipinski definition) is 4. The van der Waals surface area contributed by atoms with Gasteiger partial charge in [0.15, 0.2) is 0 Å². The first kappa shape index (κ1) is 16.5. The van der Waals surface area contributed by atoms with Crippen molar-refractivity contribution < 1.29 is 4.79 Å². The van der Waals surface area contributed by atoms with Gasteiger partial charge in [0.05, 0.1) is 5.69 Å². The summed E-state index contributed by atoms with van der Waals surface area (Å²) in [6.45, 7) is 6.00. The number of anilines is 1. The van der Waals surface area contributed by atoms with Crippen molar-refractivity contribution in [2.75, 3.05) is 5.32 Å². The molecule has 26 heavy (non-hydrogen) atoms. The van der Waals surface area contributed by atoms with Crippen LogP contribution in [0, 0.1) is 20.8 Å². The summed E-state index contributed by atoms with van der Waals surface area (Å²) >= 11 is 1.41. The van der Waals surface area contributed by atoms with Gasteiger partial charge < -0.3 is 9.88 Å². The summed E-state index contributed by atoms with van der Waals surface area (Å²) in [7, 11) is 0. The number of carbonyl (C=O) groups is 1. The Labute approximate surface area is 155 Å². The molecule has 0 aliphatic heterocycles. The Morgan fingerprint density at radius 2 is 1.92 bits per heavy atom. The Morgan fingerprint density at radius 1 is 1.15 bits per heavy atom. The zero-order valence-corrected chi connectivity index (χ0v) is 15.6. The minimum absolute atomic E-state index is 0.174. The van der Waals surface area contributed by atoms with Crippen molar-refractivity contribution in [3.05, 3.63) is 70.6 Å². The second-order valence-corrected chi connectivity index (χ2v) is 7.30. The van der Waals surface area contributed by atoms with Gasteiger partial charge in [0.1, 0.15) is 15.5 Å². The number of pyridine rings is 2. The van der Waals surface area contributed by atoms with Crippen LogP contribution in [0.15, 0.2) is 48.9 Å². The minimum Gasteiger partial charge on any atom is -0.322 e. The van der Waals surface area contributed by atoms with Gasteiger partial charge in [-0.3, -0.25) is 4.79 Å². The fourth-order valence-electron chi connectivity index (χ4n) is 3.08. The van der Waals surface area contributed by atoms with E-state index in [1.807, 2.05) is 61.1 Å². The highest BCUT2D eigenvalue weighted by Crippen LogP contribution is 2.36. The number of thiophene rings is 1. The average molecular weight is 362 g/mol. The van der Waals surface area contributed by atoms with Crippen molar-refractivity contribution in [2.24, 2.45) is 0 Å². The average Bonchev–Trinajstić information content (AvgIpc) is 3.21. The third-order valence-corrected chi connectivity index (χ3v) is 5.26. The SMILES string of the molecule is Cc1ccnc(NC(=O)c2sc3nc(C)cc(C)c3c2-n2cccc2)c1. The molecule has 0 atom stereocenters. The molecule has 0 aromatic carbocycles. The first-order chi connectivity index (χ1) is 12.5. The van der Waals surface area contributed by atoms with Crippen molar-refractivity contribution in [2.45, 2.75) is 20.8 Å². The molecular formula is C20H18N4OS. The number of amides is 1. The van der Waals surface area contributed by atoms with Crippen LogP contribution >= 0.6 is 11.3 Å². The maximum atomic E-state index is 13.0. The fraction of sp³-hybridized carbons (Fsp3) is 0.150. The van der Waals surface area contributed by atoms with E-state index in [2.05, 4.69) is 22.2 Å². The van der Waals surface area contributed by atoms with E-state index in [0.29, 0.717) is 10.7 Å². The van der Waals surface area contributed by atoms with E-state index in [-0.39, 0.29) is 5.91 Å². The van der Waals surface area contributed by atoms with E-state index in [1.165, 1.54) is 11.3 Å². The zero-order chi connectivity index (χ0) is 18.3. The number of aromatic nitrogens is 3. The molecule has 6 heteroatoms. The predicted molar refractivity (Wildman–Crippen MR) is 105 cm³/mol. The summed E-state index contributed by atoms with van der Waals surface area (Å²) in [6.07, 6.45) is 5.59. The zero-order valence-electron chi connectivity index (χ0n) is 14.8. The maximum Gasteiger partial charge on any atom is 0.269 e. The van der Waals surface area contributed by atoms with Gasteiger partial charge in [-0.05, 0) is 62.2 Å². The van der Waals surface area contributed by atoms with Gasteiger partial charge in [0.2, 0.25) is 0 Å². The monoisotopic (exact) mass is 362 g/mol. The lowest BCUT2D eigenvalue weighted by Crippen LogP contribution is -2.13. The molecule has 0 saturated heterocycles. The topological polar surface area (TPSA) is 59.8 Å². The third kappa shape index (κ3) is 2.88. The van der Waals surface area contributed by atoms with Crippen LogP contribution in [0.1, 0.15) is 26.5 Å². The Kier molecular flexibility index (Phi) is 4.05. The van der Waals surface area contributed by atoms with Crippen molar-refractivity contribution in [3.8, 4) is 5.69 Å². The molecule has 0 saturated carbocycles. The third-order valence-electron chi connectivity index (χ3n) is 4.19. The Morgan fingerprint density at radius 3 is 2.65 bits per heavy atom. The van der Waals surface area contributed by atoms with E-state index < -0.39 is 0 Å². The molecule has 0 radical (unpaired) electrons. The molecule has 0 unspecified atom stereocenters. The van der Waals surface area contributed by atoms with E-state index in [4.69, 9.17) is 0 Å². The molecule has 0 spiro atoms. The molecule has 4 rings (SSSR count). The molecule has 0 aliphatic carbocycles. The number of nitrogens with zero attached hydrogens (tertiary/aromatic N) is 3. The lowest BCUT2D eigenvalue weighted by Gasteiger charge is -2.08. The van der Waals surface area contributed by atoms with Gasteiger partial charge >= 0.3 is 0 Å². The standard InChI is InChI=1S/C20H18N4OS/c1-12-6-7-21-15(10-12)23-19(25)18-17(24-8-4-5-9-24)16-13(2)11-14(3)22-20(16)26-18/h4-11H,1-3H3,(H,21,23,25). The molecule has 1 N–H and O–H groups in total. The van der Waals surface area contributed by atoms with Gasteiger partial charge in [-0.25, -0.2) is 9.97 Å². The Balaban J connectivity index is 1.87. The number of fused-ring (bicyclic) bond motifs is 1. The lowest BCUT2D eigenvalue weighted by molar-refractivity contribution is 0.103. The van der Waals surface area contributed by atoms with Gasteiger partial charge in [0, 0.05) is 29.7 Å². The number of hydrogen-bond donors (Lipinski definition) is 1. The number of nitrogens with one attached hydrogen (secondary N) is 1. The fourth-order valence-corrected chi connectivity index (χ4v) is 4.27. The molecule has 4 heterocycles. The van der Waals surface area contributed by atoms with Gasteiger partial charge in [-0.15, -0.1) is 11.3 Å². The Hall–Kier alpha value is -2.99. The van der Waals surface area contributed by atoms with Crippen LogP contribution in [-0.4, -0.2) is 20.4 Å². The molecule has 0 aliphatic rings. The van der Waals surface area contributed by atoms with Crippen LogP contribution in [0.3, 0.4) is 0 Å². The first-order valence-corrected chi connectivity index (χ1v) is 9.12. The molecule has 1 amide bonds. The van der Waals surface area contributed by atoms with Crippen molar-refractivity contribution in [1.29, 1.82) is 0 Å². The normalized spacial score (nSPS) is 11.0. The highest BCUT2D eigenvalue weighted by Gasteiger charge is 2.22. The number of carbonyl (C=O) groups excluding carboxylic acids is 1. The smallest absolute Gasteiger partial charge is 0.269 e. The summed E-state index contributed by atoms with van der Waals surface area (Å²) in [4.78, 5) is 23.4. The van der Waals surface area contributed by atoms with Crippen molar-refractivity contribution in [3.63, 3.8) is 0 Å². The second-order valence-electron chi connectivity index (χ2n) is 6.30. The van der Waals surface area contributed by atoms with Gasteiger partial charge in [0.25, 0.3) is 5.91 Å². The Bertz CT molecular complexity index is 1110. The summed E-state index contributed by atoms with van der Waals surface area (Å²) in [5, 5.41) is 3.93.